The van der Waals surface area contributed by atoms with Gasteiger partial charge in [-0.1, -0.05) is 0 Å². The molecule has 0 rings (SSSR count). The van der Waals surface area contributed by atoms with E-state index in [0.717, 1.165) is 0 Å². The van der Waals surface area contributed by atoms with Crippen molar-refractivity contribution in [2.45, 2.75) is 25.8 Å². The minimum atomic E-state index is -3.40. The van der Waals surface area contributed by atoms with Crippen LogP contribution in [0.15, 0.2) is 0 Å². The number of unbranched alkanes of at least 4 members (excludes halogenated alkanes) is 1. The first-order chi connectivity index (χ1) is 6.39. The van der Waals surface area contributed by atoms with E-state index in [1.165, 1.54) is 6.92 Å². The smallest absolute Gasteiger partial charge is 0.235 e. The summed E-state index contributed by atoms with van der Waals surface area (Å²) in [6.07, 6.45) is 1.13. The standard InChI is InChI=1S/C7H17N3O3S/c1-6(7(9)11)10-14(12,13)5-3-2-4-8/h6,10H,2-5,8H2,1H3,(H2,9,11). The predicted molar refractivity (Wildman–Crippen MR) is 53.9 cm³/mol. The molecular weight excluding hydrogens is 206 g/mol. The second kappa shape index (κ2) is 5.94. The van der Waals surface area contributed by atoms with Gasteiger partial charge < -0.3 is 11.5 Å². The highest BCUT2D eigenvalue weighted by molar-refractivity contribution is 7.89. The molecule has 0 aliphatic carbocycles. The number of carbonyl (C=O) groups is 1. The summed E-state index contributed by atoms with van der Waals surface area (Å²) in [4.78, 5) is 10.6. The Morgan fingerprint density at radius 1 is 1.43 bits per heavy atom. The highest BCUT2D eigenvalue weighted by Gasteiger charge is 2.17. The zero-order chi connectivity index (χ0) is 11.2. The maximum atomic E-state index is 11.3. The first-order valence-electron chi connectivity index (χ1n) is 4.38. The number of nitrogens with one attached hydrogen (secondary N) is 1. The fraction of sp³-hybridized carbons (Fsp3) is 0.857. The Morgan fingerprint density at radius 3 is 2.43 bits per heavy atom. The van der Waals surface area contributed by atoms with Crippen LogP contribution < -0.4 is 16.2 Å². The monoisotopic (exact) mass is 223 g/mol. The number of hydrogen-bond acceptors (Lipinski definition) is 4. The van der Waals surface area contributed by atoms with Crippen molar-refractivity contribution in [1.82, 2.24) is 4.72 Å². The van der Waals surface area contributed by atoms with Gasteiger partial charge in [-0.2, -0.15) is 0 Å². The van der Waals surface area contributed by atoms with Gasteiger partial charge in [0.15, 0.2) is 0 Å². The van der Waals surface area contributed by atoms with Crippen molar-refractivity contribution in [2.24, 2.45) is 11.5 Å². The Morgan fingerprint density at radius 2 is 2.00 bits per heavy atom. The first kappa shape index (κ1) is 13.3. The van der Waals surface area contributed by atoms with Crippen molar-refractivity contribution in [3.8, 4) is 0 Å². The van der Waals surface area contributed by atoms with Crippen LogP contribution in [0.25, 0.3) is 0 Å². The Hall–Kier alpha value is -0.660. The van der Waals surface area contributed by atoms with Crippen molar-refractivity contribution in [3.05, 3.63) is 0 Å². The van der Waals surface area contributed by atoms with Crippen LogP contribution >= 0.6 is 0 Å². The number of primary amides is 1. The summed E-state index contributed by atoms with van der Waals surface area (Å²) in [6, 6.07) is -0.863. The van der Waals surface area contributed by atoms with Crippen LogP contribution in [-0.4, -0.2) is 32.7 Å². The zero-order valence-electron chi connectivity index (χ0n) is 8.19. The average molecular weight is 223 g/mol. The van der Waals surface area contributed by atoms with Crippen molar-refractivity contribution in [1.29, 1.82) is 0 Å². The molecule has 5 N–H and O–H groups in total. The van der Waals surface area contributed by atoms with Crippen molar-refractivity contribution >= 4 is 15.9 Å². The molecule has 1 unspecified atom stereocenters. The topological polar surface area (TPSA) is 115 Å². The third kappa shape index (κ3) is 5.90. The molecule has 7 heteroatoms. The average Bonchev–Trinajstić information content (AvgIpc) is 2.03. The first-order valence-corrected chi connectivity index (χ1v) is 6.03. The van der Waals surface area contributed by atoms with E-state index in [1.807, 2.05) is 0 Å². The molecule has 0 bridgehead atoms. The van der Waals surface area contributed by atoms with Gasteiger partial charge in [-0.25, -0.2) is 13.1 Å². The molecule has 0 spiro atoms. The molecule has 0 saturated heterocycles. The van der Waals surface area contributed by atoms with Gasteiger partial charge in [-0.15, -0.1) is 0 Å². The normalized spacial score (nSPS) is 13.9. The molecule has 0 aromatic heterocycles. The second-order valence-corrected chi connectivity index (χ2v) is 4.93. The Labute approximate surface area is 84.1 Å². The van der Waals surface area contributed by atoms with E-state index >= 15 is 0 Å². The lowest BCUT2D eigenvalue weighted by Gasteiger charge is -2.10. The van der Waals surface area contributed by atoms with E-state index in [4.69, 9.17) is 11.5 Å². The van der Waals surface area contributed by atoms with Crippen LogP contribution in [0.5, 0.6) is 0 Å². The maximum absolute atomic E-state index is 11.3. The summed E-state index contributed by atoms with van der Waals surface area (Å²) in [5, 5.41) is 0. The molecule has 14 heavy (non-hydrogen) atoms. The summed E-state index contributed by atoms with van der Waals surface area (Å²) in [5.41, 5.74) is 10.1. The second-order valence-electron chi connectivity index (χ2n) is 3.06. The minimum absolute atomic E-state index is 0.0260. The van der Waals surface area contributed by atoms with Crippen molar-refractivity contribution in [2.75, 3.05) is 12.3 Å². The van der Waals surface area contributed by atoms with Crippen LogP contribution in [-0.2, 0) is 14.8 Å². The zero-order valence-corrected chi connectivity index (χ0v) is 9.01. The molecule has 1 amide bonds. The highest BCUT2D eigenvalue weighted by Crippen LogP contribution is 1.95. The van der Waals surface area contributed by atoms with E-state index in [0.29, 0.717) is 19.4 Å². The quantitative estimate of drug-likeness (QED) is 0.456. The van der Waals surface area contributed by atoms with E-state index < -0.39 is 22.0 Å². The molecule has 0 aliphatic rings. The maximum Gasteiger partial charge on any atom is 0.235 e. The lowest BCUT2D eigenvalue weighted by molar-refractivity contribution is -0.119. The van der Waals surface area contributed by atoms with Gasteiger partial charge in [0, 0.05) is 0 Å². The molecule has 0 aromatic carbocycles. The fourth-order valence-electron chi connectivity index (χ4n) is 0.823. The molecular formula is C7H17N3O3S. The van der Waals surface area contributed by atoms with Gasteiger partial charge in [-0.05, 0) is 26.3 Å². The highest BCUT2D eigenvalue weighted by atomic mass is 32.2. The van der Waals surface area contributed by atoms with Crippen LogP contribution in [0.1, 0.15) is 19.8 Å². The van der Waals surface area contributed by atoms with Gasteiger partial charge in [0.2, 0.25) is 15.9 Å². The van der Waals surface area contributed by atoms with Crippen molar-refractivity contribution in [3.63, 3.8) is 0 Å². The van der Waals surface area contributed by atoms with Crippen LogP contribution in [0.2, 0.25) is 0 Å². The summed E-state index contributed by atoms with van der Waals surface area (Å²) < 4.78 is 24.7. The Kier molecular flexibility index (Phi) is 5.66. The minimum Gasteiger partial charge on any atom is -0.368 e. The van der Waals surface area contributed by atoms with E-state index in [9.17, 15) is 13.2 Å². The predicted octanol–water partition coefficient (Wildman–Crippen LogP) is -1.48. The summed E-state index contributed by atoms with van der Waals surface area (Å²) >= 11 is 0. The molecule has 0 fully saturated rings. The third-order valence-electron chi connectivity index (χ3n) is 1.65. The summed E-state index contributed by atoms with van der Waals surface area (Å²) in [6.45, 7) is 1.86. The number of hydrogen-bond donors (Lipinski definition) is 3. The molecule has 84 valence electrons. The van der Waals surface area contributed by atoms with Gasteiger partial charge in [0.05, 0.1) is 11.8 Å². The lowest BCUT2D eigenvalue weighted by Crippen LogP contribution is -2.43. The third-order valence-corrected chi connectivity index (χ3v) is 3.19. The number of nitrogens with two attached hydrogens (primary N) is 2. The Bertz CT molecular complexity index is 276. The van der Waals surface area contributed by atoms with Crippen LogP contribution in [0, 0.1) is 0 Å². The van der Waals surface area contributed by atoms with E-state index in [2.05, 4.69) is 4.72 Å². The van der Waals surface area contributed by atoms with Gasteiger partial charge in [0.1, 0.15) is 0 Å². The molecule has 0 heterocycles. The van der Waals surface area contributed by atoms with Gasteiger partial charge >= 0.3 is 0 Å². The molecule has 0 aromatic rings. The molecule has 0 radical (unpaired) electrons. The number of sulfonamides is 1. The fourth-order valence-corrected chi connectivity index (χ4v) is 2.18. The van der Waals surface area contributed by atoms with Gasteiger partial charge in [0.25, 0.3) is 0 Å². The number of amides is 1. The summed E-state index contributed by atoms with van der Waals surface area (Å²) in [7, 11) is -3.40. The molecule has 6 nitrogen and oxygen atoms in total. The molecule has 0 saturated carbocycles. The number of carbonyl (C=O) groups excluding carboxylic acids is 1. The molecule has 1 atom stereocenters. The van der Waals surface area contributed by atoms with Crippen LogP contribution in [0.3, 0.4) is 0 Å². The largest absolute Gasteiger partial charge is 0.368 e. The van der Waals surface area contributed by atoms with Crippen molar-refractivity contribution < 1.29 is 13.2 Å². The SMILES string of the molecule is CC(NS(=O)(=O)CCCCN)C(N)=O. The summed E-state index contributed by atoms with van der Waals surface area (Å²) in [5.74, 6) is -0.714. The van der Waals surface area contributed by atoms with E-state index in [-0.39, 0.29) is 5.75 Å². The number of rotatable bonds is 7. The lowest BCUT2D eigenvalue weighted by atomic mass is 10.3. The van der Waals surface area contributed by atoms with E-state index in [1.54, 1.807) is 0 Å². The molecule has 0 aliphatic heterocycles. The van der Waals surface area contributed by atoms with Crippen LogP contribution in [0.4, 0.5) is 0 Å². The van der Waals surface area contributed by atoms with Gasteiger partial charge in [-0.3, -0.25) is 4.79 Å². The Balaban J connectivity index is 4.01.